The van der Waals surface area contributed by atoms with Gasteiger partial charge in [-0.3, -0.25) is 4.79 Å². The molecule has 4 nitrogen and oxygen atoms in total. The van der Waals surface area contributed by atoms with Gasteiger partial charge in [0, 0.05) is 17.4 Å². The Hall–Kier alpha value is -2.21. The second kappa shape index (κ2) is 11.6. The lowest BCUT2D eigenvalue weighted by Crippen LogP contribution is -2.14. The van der Waals surface area contributed by atoms with Gasteiger partial charge in [-0.15, -0.1) is 11.3 Å². The molecule has 0 atom stereocenters. The molecule has 1 heterocycles. The van der Waals surface area contributed by atoms with Gasteiger partial charge in [0.15, 0.2) is 0 Å². The maximum Gasteiger partial charge on any atom is 0.341 e. The van der Waals surface area contributed by atoms with Gasteiger partial charge in [-0.25, -0.2) is 9.18 Å². The number of unbranched alkanes of at least 4 members (excludes halogenated alkanes) is 5. The molecule has 2 rings (SSSR count). The maximum atomic E-state index is 13.2. The third kappa shape index (κ3) is 6.44. The Morgan fingerprint density at radius 1 is 1.04 bits per heavy atom. The summed E-state index contributed by atoms with van der Waals surface area (Å²) in [6, 6.07) is 5.92. The number of ether oxygens (including phenoxy) is 1. The Labute approximate surface area is 170 Å². The van der Waals surface area contributed by atoms with Crippen molar-refractivity contribution < 1.29 is 18.7 Å². The standard InChI is InChI=1S/C22H28FNO3S/c1-3-5-6-7-8-9-10-19(25)24-21-20(22(26)27-4-2)18(15-28-21)16-11-13-17(23)14-12-16/h11-15H,3-10H2,1-2H3,(H,24,25). The van der Waals surface area contributed by atoms with Crippen molar-refractivity contribution >= 4 is 28.2 Å². The Morgan fingerprint density at radius 3 is 2.39 bits per heavy atom. The average molecular weight is 406 g/mol. The Kier molecular flexibility index (Phi) is 9.14. The quantitative estimate of drug-likeness (QED) is 0.347. The van der Waals surface area contributed by atoms with Crippen molar-refractivity contribution in [2.24, 2.45) is 0 Å². The molecule has 0 spiro atoms. The van der Waals surface area contributed by atoms with Crippen molar-refractivity contribution in [1.82, 2.24) is 0 Å². The molecule has 0 aliphatic heterocycles. The van der Waals surface area contributed by atoms with Crippen LogP contribution in [0.2, 0.25) is 0 Å². The van der Waals surface area contributed by atoms with Gasteiger partial charge in [-0.1, -0.05) is 51.2 Å². The van der Waals surface area contributed by atoms with Crippen LogP contribution in [0.15, 0.2) is 29.6 Å². The van der Waals surface area contributed by atoms with Crippen LogP contribution in [0.5, 0.6) is 0 Å². The molecule has 0 saturated carbocycles. The van der Waals surface area contributed by atoms with E-state index < -0.39 is 5.97 Å². The van der Waals surface area contributed by atoms with Crippen molar-refractivity contribution in [2.45, 2.75) is 58.8 Å². The van der Waals surface area contributed by atoms with Crippen molar-refractivity contribution in [3.8, 4) is 11.1 Å². The summed E-state index contributed by atoms with van der Waals surface area (Å²) in [6.45, 7) is 4.15. The lowest BCUT2D eigenvalue weighted by atomic mass is 10.0. The van der Waals surface area contributed by atoms with Crippen LogP contribution in [0, 0.1) is 5.82 Å². The predicted molar refractivity (Wildman–Crippen MR) is 112 cm³/mol. The second-order valence-electron chi connectivity index (χ2n) is 6.65. The highest BCUT2D eigenvalue weighted by molar-refractivity contribution is 7.15. The fourth-order valence-electron chi connectivity index (χ4n) is 2.95. The average Bonchev–Trinajstić information content (AvgIpc) is 3.09. The molecule has 0 fully saturated rings. The third-order valence-corrected chi connectivity index (χ3v) is 5.33. The zero-order valence-corrected chi connectivity index (χ0v) is 17.4. The van der Waals surface area contributed by atoms with Crippen LogP contribution in [0.1, 0.15) is 69.2 Å². The van der Waals surface area contributed by atoms with Crippen LogP contribution in [0.3, 0.4) is 0 Å². The van der Waals surface area contributed by atoms with E-state index in [0.29, 0.717) is 28.1 Å². The molecule has 0 bridgehead atoms. The number of amides is 1. The number of halogens is 1. The van der Waals surface area contributed by atoms with Crippen LogP contribution in [-0.4, -0.2) is 18.5 Å². The number of anilines is 1. The van der Waals surface area contributed by atoms with E-state index in [0.717, 1.165) is 19.3 Å². The van der Waals surface area contributed by atoms with Gasteiger partial charge in [-0.2, -0.15) is 0 Å². The van der Waals surface area contributed by atoms with E-state index in [2.05, 4.69) is 12.2 Å². The first-order chi connectivity index (χ1) is 13.6. The molecule has 28 heavy (non-hydrogen) atoms. The van der Waals surface area contributed by atoms with Gasteiger partial charge in [0.1, 0.15) is 16.4 Å². The number of rotatable bonds is 11. The zero-order valence-electron chi connectivity index (χ0n) is 16.6. The first-order valence-corrected chi connectivity index (χ1v) is 10.8. The zero-order chi connectivity index (χ0) is 20.4. The smallest absolute Gasteiger partial charge is 0.341 e. The summed E-state index contributed by atoms with van der Waals surface area (Å²) in [7, 11) is 0. The number of thiophene rings is 1. The van der Waals surface area contributed by atoms with Gasteiger partial charge in [0.25, 0.3) is 0 Å². The van der Waals surface area contributed by atoms with E-state index in [1.54, 1.807) is 24.4 Å². The molecular weight excluding hydrogens is 377 g/mol. The SMILES string of the molecule is CCCCCCCCC(=O)Nc1scc(-c2ccc(F)cc2)c1C(=O)OCC. The normalized spacial score (nSPS) is 10.7. The summed E-state index contributed by atoms with van der Waals surface area (Å²) in [5.74, 6) is -0.935. The summed E-state index contributed by atoms with van der Waals surface area (Å²) in [5.41, 5.74) is 1.67. The fraction of sp³-hybridized carbons (Fsp3) is 0.455. The van der Waals surface area contributed by atoms with E-state index in [4.69, 9.17) is 4.74 Å². The topological polar surface area (TPSA) is 55.4 Å². The Morgan fingerprint density at radius 2 is 1.71 bits per heavy atom. The summed E-state index contributed by atoms with van der Waals surface area (Å²) >= 11 is 1.28. The molecule has 0 saturated heterocycles. The molecule has 0 radical (unpaired) electrons. The first-order valence-electron chi connectivity index (χ1n) is 9.91. The van der Waals surface area contributed by atoms with Crippen molar-refractivity contribution in [1.29, 1.82) is 0 Å². The van der Waals surface area contributed by atoms with E-state index >= 15 is 0 Å². The van der Waals surface area contributed by atoms with E-state index in [-0.39, 0.29) is 18.3 Å². The van der Waals surface area contributed by atoms with Crippen LogP contribution < -0.4 is 5.32 Å². The van der Waals surface area contributed by atoms with E-state index in [9.17, 15) is 14.0 Å². The number of nitrogens with one attached hydrogen (secondary N) is 1. The van der Waals surface area contributed by atoms with Gasteiger partial charge in [0.05, 0.1) is 6.61 Å². The lowest BCUT2D eigenvalue weighted by Gasteiger charge is -2.09. The molecule has 1 amide bonds. The third-order valence-electron chi connectivity index (χ3n) is 4.44. The van der Waals surface area contributed by atoms with E-state index in [1.165, 1.54) is 42.7 Å². The number of hydrogen-bond acceptors (Lipinski definition) is 4. The molecule has 0 aliphatic carbocycles. The Bertz CT molecular complexity index is 771. The largest absolute Gasteiger partial charge is 0.462 e. The lowest BCUT2D eigenvalue weighted by molar-refractivity contribution is -0.116. The van der Waals surface area contributed by atoms with Gasteiger partial charge >= 0.3 is 5.97 Å². The van der Waals surface area contributed by atoms with Crippen LogP contribution in [0.25, 0.3) is 11.1 Å². The molecule has 0 unspecified atom stereocenters. The number of carbonyl (C=O) groups excluding carboxylic acids is 2. The first kappa shape index (κ1) is 22.1. The molecule has 152 valence electrons. The van der Waals surface area contributed by atoms with Gasteiger partial charge in [0.2, 0.25) is 5.91 Å². The molecule has 0 aliphatic rings. The predicted octanol–water partition coefficient (Wildman–Crippen LogP) is 6.42. The summed E-state index contributed by atoms with van der Waals surface area (Å²) in [5, 5.41) is 5.13. The summed E-state index contributed by atoms with van der Waals surface area (Å²) in [6.07, 6.45) is 7.07. The highest BCUT2D eigenvalue weighted by Gasteiger charge is 2.22. The molecule has 6 heteroatoms. The van der Waals surface area contributed by atoms with Gasteiger partial charge < -0.3 is 10.1 Å². The number of carbonyl (C=O) groups is 2. The van der Waals surface area contributed by atoms with Crippen LogP contribution in [-0.2, 0) is 9.53 Å². The molecule has 2 aromatic rings. The van der Waals surface area contributed by atoms with E-state index in [1.807, 2.05) is 0 Å². The minimum atomic E-state index is -0.488. The molecule has 1 aromatic carbocycles. The monoisotopic (exact) mass is 405 g/mol. The van der Waals surface area contributed by atoms with Crippen LogP contribution in [0.4, 0.5) is 9.39 Å². The van der Waals surface area contributed by atoms with Crippen LogP contribution >= 0.6 is 11.3 Å². The second-order valence-corrected chi connectivity index (χ2v) is 7.53. The minimum Gasteiger partial charge on any atom is -0.462 e. The van der Waals surface area contributed by atoms with Crippen molar-refractivity contribution in [3.05, 3.63) is 41.0 Å². The van der Waals surface area contributed by atoms with Gasteiger partial charge in [-0.05, 0) is 31.0 Å². The van der Waals surface area contributed by atoms with Crippen molar-refractivity contribution in [2.75, 3.05) is 11.9 Å². The maximum absolute atomic E-state index is 13.2. The Balaban J connectivity index is 2.08. The van der Waals surface area contributed by atoms with Crippen molar-refractivity contribution in [3.63, 3.8) is 0 Å². The number of hydrogen-bond donors (Lipinski definition) is 1. The summed E-state index contributed by atoms with van der Waals surface area (Å²) < 4.78 is 18.4. The molecule has 1 N–H and O–H groups in total. The molecular formula is C22H28FNO3S. The molecule has 1 aromatic heterocycles. The number of esters is 1. The summed E-state index contributed by atoms with van der Waals surface area (Å²) in [4.78, 5) is 24.8. The number of benzene rings is 1. The minimum absolute atomic E-state index is 0.103. The highest BCUT2D eigenvalue weighted by atomic mass is 32.1. The highest BCUT2D eigenvalue weighted by Crippen LogP contribution is 2.36. The fourth-order valence-corrected chi connectivity index (χ4v) is 3.93.